The third-order valence-corrected chi connectivity index (χ3v) is 4.85. The predicted molar refractivity (Wildman–Crippen MR) is 86.3 cm³/mol. The summed E-state index contributed by atoms with van der Waals surface area (Å²) in [6.07, 6.45) is 1.32. The first-order valence-electron chi connectivity index (χ1n) is 7.00. The summed E-state index contributed by atoms with van der Waals surface area (Å²) < 4.78 is 1.24. The van der Waals surface area contributed by atoms with Crippen molar-refractivity contribution in [2.24, 2.45) is 0 Å². The Labute approximate surface area is 123 Å². The number of hydrogen-bond acceptors (Lipinski definition) is 2. The van der Waals surface area contributed by atoms with Crippen molar-refractivity contribution in [3.8, 4) is 0 Å². The van der Waals surface area contributed by atoms with E-state index in [0.717, 1.165) is 11.3 Å². The quantitative estimate of drug-likeness (QED) is 0.733. The van der Waals surface area contributed by atoms with Gasteiger partial charge >= 0.3 is 0 Å². The number of aliphatic hydroxyl groups excluding tert-OH is 1. The molecule has 1 atom stereocenters. The van der Waals surface area contributed by atoms with Gasteiger partial charge in [0.15, 0.2) is 0 Å². The fourth-order valence-corrected chi connectivity index (χ4v) is 3.45. The summed E-state index contributed by atoms with van der Waals surface area (Å²) in [5.74, 6) is 0. The molecule has 1 nitrogen and oxygen atoms in total. The zero-order chi connectivity index (χ0) is 13.9. The molecule has 2 heteroatoms. The molecule has 0 spiro atoms. The normalized spacial score (nSPS) is 12.7. The van der Waals surface area contributed by atoms with Crippen LogP contribution in [0.25, 0.3) is 10.1 Å². The molecule has 1 N–H and O–H groups in total. The minimum Gasteiger partial charge on any atom is -0.387 e. The first-order chi connectivity index (χ1) is 9.76. The van der Waals surface area contributed by atoms with E-state index in [1.807, 2.05) is 12.1 Å². The van der Waals surface area contributed by atoms with Crippen molar-refractivity contribution in [1.29, 1.82) is 0 Å². The van der Waals surface area contributed by atoms with Crippen molar-refractivity contribution in [3.63, 3.8) is 0 Å². The maximum Gasteiger partial charge on any atom is 0.0922 e. The SMILES string of the molecule is CCc1ccc(CC(O)c2cc3ccccc3s2)cc1. The van der Waals surface area contributed by atoms with Gasteiger partial charge in [-0.25, -0.2) is 0 Å². The fourth-order valence-electron chi connectivity index (χ4n) is 2.40. The fraction of sp³-hybridized carbons (Fsp3) is 0.222. The van der Waals surface area contributed by atoms with Crippen molar-refractivity contribution in [2.45, 2.75) is 25.9 Å². The van der Waals surface area contributed by atoms with Crippen molar-refractivity contribution < 1.29 is 5.11 Å². The van der Waals surface area contributed by atoms with Crippen molar-refractivity contribution in [2.75, 3.05) is 0 Å². The zero-order valence-electron chi connectivity index (χ0n) is 11.5. The Bertz CT molecular complexity index is 664. The Morgan fingerprint density at radius 2 is 1.70 bits per heavy atom. The van der Waals surface area contributed by atoms with Gasteiger partial charge in [0.1, 0.15) is 0 Å². The maximum absolute atomic E-state index is 10.4. The van der Waals surface area contributed by atoms with E-state index in [1.165, 1.54) is 21.2 Å². The van der Waals surface area contributed by atoms with Gasteiger partial charge < -0.3 is 5.11 Å². The predicted octanol–water partition coefficient (Wildman–Crippen LogP) is 4.74. The molecule has 3 rings (SSSR count). The lowest BCUT2D eigenvalue weighted by Gasteiger charge is -2.09. The van der Waals surface area contributed by atoms with E-state index in [4.69, 9.17) is 0 Å². The molecule has 0 aliphatic rings. The highest BCUT2D eigenvalue weighted by atomic mass is 32.1. The average Bonchev–Trinajstić information content (AvgIpc) is 2.92. The lowest BCUT2D eigenvalue weighted by molar-refractivity contribution is 0.182. The number of aliphatic hydroxyl groups is 1. The van der Waals surface area contributed by atoms with Crippen molar-refractivity contribution in [3.05, 3.63) is 70.6 Å². The summed E-state index contributed by atoms with van der Waals surface area (Å²) in [6.45, 7) is 2.15. The lowest BCUT2D eigenvalue weighted by atomic mass is 10.0. The van der Waals surface area contributed by atoms with Gasteiger partial charge in [0.25, 0.3) is 0 Å². The van der Waals surface area contributed by atoms with E-state index in [-0.39, 0.29) is 0 Å². The van der Waals surface area contributed by atoms with Gasteiger partial charge in [-0.2, -0.15) is 0 Å². The summed E-state index contributed by atoms with van der Waals surface area (Å²) in [6, 6.07) is 18.9. The highest BCUT2D eigenvalue weighted by Crippen LogP contribution is 2.31. The molecule has 1 unspecified atom stereocenters. The number of hydrogen-bond donors (Lipinski definition) is 1. The van der Waals surface area contributed by atoms with Crippen molar-refractivity contribution >= 4 is 21.4 Å². The second-order valence-corrected chi connectivity index (χ2v) is 6.19. The van der Waals surface area contributed by atoms with E-state index in [9.17, 15) is 5.11 Å². The zero-order valence-corrected chi connectivity index (χ0v) is 12.4. The Balaban J connectivity index is 1.79. The van der Waals surface area contributed by atoms with E-state index in [1.54, 1.807) is 11.3 Å². The topological polar surface area (TPSA) is 20.2 Å². The molecule has 0 aliphatic heterocycles. The Morgan fingerprint density at radius 1 is 1.00 bits per heavy atom. The molecule has 2 aromatic carbocycles. The molecule has 1 aromatic heterocycles. The van der Waals surface area contributed by atoms with Crippen LogP contribution in [0.1, 0.15) is 29.0 Å². The summed E-state index contributed by atoms with van der Waals surface area (Å²) in [7, 11) is 0. The van der Waals surface area contributed by atoms with Gasteiger partial charge in [-0.05, 0) is 35.1 Å². The number of benzene rings is 2. The van der Waals surface area contributed by atoms with Gasteiger partial charge in [0.05, 0.1) is 6.10 Å². The third kappa shape index (κ3) is 2.77. The van der Waals surface area contributed by atoms with Gasteiger partial charge in [0, 0.05) is 16.0 Å². The summed E-state index contributed by atoms with van der Waals surface area (Å²) >= 11 is 1.68. The standard InChI is InChI=1S/C18H18OS/c1-2-13-7-9-14(10-8-13)11-16(19)18-12-15-5-3-4-6-17(15)20-18/h3-10,12,16,19H,2,11H2,1H3. The molecule has 0 saturated heterocycles. The molecular weight excluding hydrogens is 264 g/mol. The summed E-state index contributed by atoms with van der Waals surface area (Å²) in [5, 5.41) is 11.6. The van der Waals surface area contributed by atoms with Crippen LogP contribution < -0.4 is 0 Å². The van der Waals surface area contributed by atoms with Gasteiger partial charge in [0.2, 0.25) is 0 Å². The molecule has 0 radical (unpaired) electrons. The van der Waals surface area contributed by atoms with Crippen LogP contribution >= 0.6 is 11.3 Å². The molecule has 0 saturated carbocycles. The molecule has 3 aromatic rings. The molecule has 0 aliphatic carbocycles. The maximum atomic E-state index is 10.4. The second kappa shape index (κ2) is 5.78. The number of aryl methyl sites for hydroxylation is 1. The van der Waals surface area contributed by atoms with Gasteiger partial charge in [-0.3, -0.25) is 0 Å². The first kappa shape index (κ1) is 13.3. The van der Waals surface area contributed by atoms with Crippen LogP contribution in [-0.2, 0) is 12.8 Å². The van der Waals surface area contributed by atoms with Crippen LogP contribution in [0.15, 0.2) is 54.6 Å². The highest BCUT2D eigenvalue weighted by Gasteiger charge is 2.12. The smallest absolute Gasteiger partial charge is 0.0922 e. The van der Waals surface area contributed by atoms with E-state index in [0.29, 0.717) is 6.42 Å². The van der Waals surface area contributed by atoms with Gasteiger partial charge in [-0.15, -0.1) is 11.3 Å². The second-order valence-electron chi connectivity index (χ2n) is 5.08. The van der Waals surface area contributed by atoms with Crippen LogP contribution in [0.2, 0.25) is 0 Å². The highest BCUT2D eigenvalue weighted by molar-refractivity contribution is 7.19. The number of fused-ring (bicyclic) bond motifs is 1. The minimum absolute atomic E-state index is 0.417. The Kier molecular flexibility index (Phi) is 3.86. The Hall–Kier alpha value is -1.64. The molecule has 0 bridgehead atoms. The third-order valence-electron chi connectivity index (χ3n) is 3.63. The average molecular weight is 282 g/mol. The van der Waals surface area contributed by atoms with E-state index >= 15 is 0 Å². The largest absolute Gasteiger partial charge is 0.387 e. The van der Waals surface area contributed by atoms with Crippen LogP contribution in [0.4, 0.5) is 0 Å². The number of rotatable bonds is 4. The molecule has 0 fully saturated rings. The molecular formula is C18H18OS. The lowest BCUT2D eigenvalue weighted by Crippen LogP contribution is -1.99. The first-order valence-corrected chi connectivity index (χ1v) is 7.82. The minimum atomic E-state index is -0.417. The van der Waals surface area contributed by atoms with E-state index in [2.05, 4.69) is 49.4 Å². The van der Waals surface area contributed by atoms with E-state index < -0.39 is 6.10 Å². The van der Waals surface area contributed by atoms with Crippen LogP contribution in [0.5, 0.6) is 0 Å². The Morgan fingerprint density at radius 3 is 2.40 bits per heavy atom. The molecule has 0 amide bonds. The molecule has 1 heterocycles. The van der Waals surface area contributed by atoms with Crippen LogP contribution in [-0.4, -0.2) is 5.11 Å². The summed E-state index contributed by atoms with van der Waals surface area (Å²) in [5.41, 5.74) is 2.53. The molecule has 20 heavy (non-hydrogen) atoms. The van der Waals surface area contributed by atoms with Gasteiger partial charge in [-0.1, -0.05) is 49.4 Å². The monoisotopic (exact) mass is 282 g/mol. The number of thiophene rings is 1. The van der Waals surface area contributed by atoms with Crippen molar-refractivity contribution in [1.82, 2.24) is 0 Å². The molecule has 102 valence electrons. The summed E-state index contributed by atoms with van der Waals surface area (Å²) in [4.78, 5) is 1.05. The van der Waals surface area contributed by atoms with Crippen LogP contribution in [0.3, 0.4) is 0 Å². The van der Waals surface area contributed by atoms with Crippen LogP contribution in [0, 0.1) is 0 Å².